The summed E-state index contributed by atoms with van der Waals surface area (Å²) in [7, 11) is 0. The van der Waals surface area contributed by atoms with Crippen LogP contribution in [0.2, 0.25) is 0 Å². The first-order valence-electron chi connectivity index (χ1n) is 25.0. The summed E-state index contributed by atoms with van der Waals surface area (Å²) in [6.07, 6.45) is 0. The molecule has 0 saturated carbocycles. The van der Waals surface area contributed by atoms with Crippen molar-refractivity contribution >= 4 is 60.2 Å². The van der Waals surface area contributed by atoms with E-state index in [1.165, 1.54) is 104 Å². The van der Waals surface area contributed by atoms with Crippen LogP contribution in [-0.4, -0.2) is 0 Å². The summed E-state index contributed by atoms with van der Waals surface area (Å²) in [5.41, 5.74) is 17.0. The van der Waals surface area contributed by atoms with Gasteiger partial charge in [0.2, 0.25) is 0 Å². The van der Waals surface area contributed by atoms with Crippen LogP contribution in [0.1, 0.15) is 22.6 Å². The molecule has 0 aliphatic heterocycles. The second kappa shape index (κ2) is 18.6. The molecular weight excluding hydrogens is 867 g/mol. The number of rotatable bonds is 10. The molecule has 0 aromatic heterocycles. The van der Waals surface area contributed by atoms with Crippen molar-refractivity contribution in [1.29, 1.82) is 0 Å². The number of hydrogen-bond donors (Lipinski definition) is 0. The lowest BCUT2D eigenvalue weighted by atomic mass is 9.82. The fraction of sp³-hybridized carbons (Fsp3) is 0.0141. The molecule has 0 bridgehead atoms. The molecule has 1 nitrogen and oxygen atoms in total. The van der Waals surface area contributed by atoms with E-state index in [1.807, 2.05) is 0 Å². The number of para-hydroxylation sites is 2. The van der Waals surface area contributed by atoms with Gasteiger partial charge in [0, 0.05) is 23.0 Å². The summed E-state index contributed by atoms with van der Waals surface area (Å²) < 4.78 is 0. The molecule has 0 spiro atoms. The standard InChI is InChI=1S/C71H49N/c1-5-22-49(23-6-1)67(50-24-7-2-8-25-50)51-40-42-52(43-41-51)68-59-32-13-17-36-63(59)70(64-37-18-14-33-60(64)68)54-26-21-27-55(48-54)71-65-38-19-15-34-61(65)69(62-35-16-20-39-66(62)71)53-44-46-58(47-45-53)72(56-28-9-3-10-29-56)57-30-11-4-12-31-57/h1-48,67H. The van der Waals surface area contributed by atoms with Gasteiger partial charge in [-0.1, -0.05) is 249 Å². The monoisotopic (exact) mass is 915 g/mol. The normalized spacial score (nSPS) is 11.5. The first kappa shape index (κ1) is 42.8. The van der Waals surface area contributed by atoms with Gasteiger partial charge >= 0.3 is 0 Å². The largest absolute Gasteiger partial charge is 0.311 e. The van der Waals surface area contributed by atoms with Gasteiger partial charge in [0.05, 0.1) is 0 Å². The Balaban J connectivity index is 0.934. The van der Waals surface area contributed by atoms with Crippen molar-refractivity contribution in [2.45, 2.75) is 5.92 Å². The average Bonchev–Trinajstić information content (AvgIpc) is 3.45. The van der Waals surface area contributed by atoms with Gasteiger partial charge in [0.15, 0.2) is 0 Å². The van der Waals surface area contributed by atoms with Crippen LogP contribution in [0.3, 0.4) is 0 Å². The van der Waals surface area contributed by atoms with Crippen molar-refractivity contribution in [3.63, 3.8) is 0 Å². The Labute approximate surface area is 421 Å². The maximum atomic E-state index is 2.43. The van der Waals surface area contributed by atoms with E-state index >= 15 is 0 Å². The highest BCUT2D eigenvalue weighted by Gasteiger charge is 2.22. The minimum atomic E-state index is 0.137. The molecule has 13 aromatic carbocycles. The quantitative estimate of drug-likeness (QED) is 0.0976. The zero-order chi connectivity index (χ0) is 47.8. The van der Waals surface area contributed by atoms with Gasteiger partial charge in [-0.15, -0.1) is 0 Å². The molecule has 13 rings (SSSR count). The first-order chi connectivity index (χ1) is 35.8. The molecule has 0 fully saturated rings. The molecule has 0 amide bonds. The van der Waals surface area contributed by atoms with Crippen LogP contribution in [0.4, 0.5) is 17.1 Å². The van der Waals surface area contributed by atoms with E-state index < -0.39 is 0 Å². The number of hydrogen-bond acceptors (Lipinski definition) is 1. The Morgan fingerprint density at radius 1 is 0.194 bits per heavy atom. The van der Waals surface area contributed by atoms with Crippen LogP contribution in [-0.2, 0) is 0 Å². The van der Waals surface area contributed by atoms with Gasteiger partial charge in [0.25, 0.3) is 0 Å². The summed E-state index contributed by atoms with van der Waals surface area (Å²) in [6.45, 7) is 0. The number of anilines is 3. The Morgan fingerprint density at radius 2 is 0.458 bits per heavy atom. The van der Waals surface area contributed by atoms with Gasteiger partial charge in [0.1, 0.15) is 0 Å². The van der Waals surface area contributed by atoms with E-state index in [-0.39, 0.29) is 5.92 Å². The Hall–Kier alpha value is -9.30. The van der Waals surface area contributed by atoms with Crippen LogP contribution in [0, 0.1) is 0 Å². The van der Waals surface area contributed by atoms with E-state index in [0.717, 1.165) is 17.1 Å². The molecule has 72 heavy (non-hydrogen) atoms. The molecule has 0 aliphatic rings. The zero-order valence-corrected chi connectivity index (χ0v) is 39.7. The first-order valence-corrected chi connectivity index (χ1v) is 25.0. The van der Waals surface area contributed by atoms with Crippen molar-refractivity contribution in [3.05, 3.63) is 308 Å². The maximum absolute atomic E-state index is 2.43. The lowest BCUT2D eigenvalue weighted by Crippen LogP contribution is -2.09. The fourth-order valence-electron chi connectivity index (χ4n) is 11.4. The Morgan fingerprint density at radius 3 is 0.806 bits per heavy atom. The third kappa shape index (κ3) is 7.60. The van der Waals surface area contributed by atoms with E-state index in [1.54, 1.807) is 0 Å². The highest BCUT2D eigenvalue weighted by molar-refractivity contribution is 6.23. The smallest absolute Gasteiger partial charge is 0.0462 e. The molecule has 0 N–H and O–H groups in total. The SMILES string of the molecule is c1ccc(C(c2ccccc2)c2ccc(-c3c4ccccc4c(-c4cccc(-c5c6ccccc6c(-c6ccc(N(c7ccccc7)c7ccccc7)cc6)c6ccccc56)c4)c4ccccc34)cc2)cc1. The predicted octanol–water partition coefficient (Wildman–Crippen LogP) is 19.6. The molecule has 13 aromatic rings. The van der Waals surface area contributed by atoms with Gasteiger partial charge in [-0.05, 0) is 147 Å². The predicted molar refractivity (Wildman–Crippen MR) is 307 cm³/mol. The minimum Gasteiger partial charge on any atom is -0.311 e. The second-order valence-corrected chi connectivity index (χ2v) is 18.7. The molecule has 0 radical (unpaired) electrons. The molecular formula is C71H49N. The van der Waals surface area contributed by atoms with Crippen LogP contribution >= 0.6 is 0 Å². The molecule has 0 heterocycles. The zero-order valence-electron chi connectivity index (χ0n) is 39.7. The molecule has 338 valence electrons. The van der Waals surface area contributed by atoms with Crippen molar-refractivity contribution in [2.75, 3.05) is 4.90 Å². The number of benzene rings is 13. The number of fused-ring (bicyclic) bond motifs is 4. The fourth-order valence-corrected chi connectivity index (χ4v) is 11.4. The Bertz CT molecular complexity index is 3590. The van der Waals surface area contributed by atoms with Crippen molar-refractivity contribution in [1.82, 2.24) is 0 Å². The third-order valence-electron chi connectivity index (χ3n) is 14.5. The van der Waals surface area contributed by atoms with Crippen LogP contribution < -0.4 is 4.90 Å². The van der Waals surface area contributed by atoms with Crippen molar-refractivity contribution in [2.24, 2.45) is 0 Å². The third-order valence-corrected chi connectivity index (χ3v) is 14.5. The summed E-state index contributed by atoms with van der Waals surface area (Å²) in [6, 6.07) is 107. The molecule has 0 atom stereocenters. The van der Waals surface area contributed by atoms with Crippen LogP contribution in [0.5, 0.6) is 0 Å². The van der Waals surface area contributed by atoms with Crippen molar-refractivity contribution < 1.29 is 0 Å². The topological polar surface area (TPSA) is 3.24 Å². The lowest BCUT2D eigenvalue weighted by Gasteiger charge is -2.25. The lowest BCUT2D eigenvalue weighted by molar-refractivity contribution is 0.978. The summed E-state index contributed by atoms with van der Waals surface area (Å²) >= 11 is 0. The highest BCUT2D eigenvalue weighted by Crippen LogP contribution is 2.48. The summed E-state index contributed by atoms with van der Waals surface area (Å²) in [5, 5.41) is 9.91. The number of nitrogens with zero attached hydrogens (tertiary/aromatic N) is 1. The van der Waals surface area contributed by atoms with Crippen LogP contribution in [0.15, 0.2) is 291 Å². The van der Waals surface area contributed by atoms with Gasteiger partial charge < -0.3 is 4.90 Å². The molecule has 0 unspecified atom stereocenters. The maximum Gasteiger partial charge on any atom is 0.0462 e. The molecule has 1 heteroatoms. The summed E-state index contributed by atoms with van der Waals surface area (Å²) in [4.78, 5) is 2.32. The van der Waals surface area contributed by atoms with Crippen molar-refractivity contribution in [3.8, 4) is 44.5 Å². The minimum absolute atomic E-state index is 0.137. The van der Waals surface area contributed by atoms with Gasteiger partial charge in [-0.3, -0.25) is 0 Å². The van der Waals surface area contributed by atoms with Gasteiger partial charge in [-0.25, -0.2) is 0 Å². The van der Waals surface area contributed by atoms with Crippen LogP contribution in [0.25, 0.3) is 87.6 Å². The van der Waals surface area contributed by atoms with E-state index in [4.69, 9.17) is 0 Å². The molecule has 0 aliphatic carbocycles. The van der Waals surface area contributed by atoms with E-state index in [9.17, 15) is 0 Å². The second-order valence-electron chi connectivity index (χ2n) is 18.7. The summed E-state index contributed by atoms with van der Waals surface area (Å²) in [5.74, 6) is 0.137. The average molecular weight is 916 g/mol. The highest BCUT2D eigenvalue weighted by atomic mass is 15.1. The van der Waals surface area contributed by atoms with E-state index in [2.05, 4.69) is 296 Å². The van der Waals surface area contributed by atoms with Gasteiger partial charge in [-0.2, -0.15) is 0 Å². The molecule has 0 saturated heterocycles. The van der Waals surface area contributed by atoms with E-state index in [0.29, 0.717) is 0 Å². The Kier molecular flexibility index (Phi) is 11.0.